The van der Waals surface area contributed by atoms with Crippen LogP contribution in [0.3, 0.4) is 0 Å². The van der Waals surface area contributed by atoms with Crippen molar-refractivity contribution in [2.45, 2.75) is 38.3 Å². The maximum absolute atomic E-state index is 11.9. The van der Waals surface area contributed by atoms with E-state index in [0.29, 0.717) is 11.0 Å². The molecule has 0 spiro atoms. The molecule has 1 aliphatic heterocycles. The lowest BCUT2D eigenvalue weighted by molar-refractivity contribution is 0.126. The van der Waals surface area contributed by atoms with Crippen molar-refractivity contribution in [3.63, 3.8) is 0 Å². The topological polar surface area (TPSA) is 61.6 Å². The van der Waals surface area contributed by atoms with Gasteiger partial charge in [-0.15, -0.1) is 0 Å². The van der Waals surface area contributed by atoms with Crippen LogP contribution in [0.4, 0.5) is 4.79 Å². The van der Waals surface area contributed by atoms with Gasteiger partial charge in [0.2, 0.25) is 0 Å². The second-order valence-corrected chi connectivity index (χ2v) is 5.54. The Balaban J connectivity index is 1.79. The molecule has 1 heterocycles. The van der Waals surface area contributed by atoms with Gasteiger partial charge in [0.05, 0.1) is 11.0 Å². The Hall–Kier alpha value is -0.880. The van der Waals surface area contributed by atoms with Crippen LogP contribution in [0.2, 0.25) is 0 Å². The van der Waals surface area contributed by atoms with E-state index in [0.717, 1.165) is 45.4 Å². The van der Waals surface area contributed by atoms with Crippen LogP contribution in [0.1, 0.15) is 26.2 Å². The Morgan fingerprint density at radius 2 is 2.00 bits per heavy atom. The van der Waals surface area contributed by atoms with Gasteiger partial charge in [-0.2, -0.15) is 0 Å². The molecule has 18 heavy (non-hydrogen) atoms. The molecule has 1 unspecified atom stereocenters. The highest BCUT2D eigenvalue weighted by atomic mass is 32.1. The first-order chi connectivity index (χ1) is 8.61. The van der Waals surface area contributed by atoms with Crippen LogP contribution >= 0.6 is 12.2 Å². The van der Waals surface area contributed by atoms with Crippen LogP contribution in [-0.4, -0.2) is 59.1 Å². The first-order valence-electron chi connectivity index (χ1n) is 6.70. The number of hydrogen-bond donors (Lipinski definition) is 2. The molecule has 2 amide bonds. The van der Waals surface area contributed by atoms with Gasteiger partial charge in [0.1, 0.15) is 0 Å². The van der Waals surface area contributed by atoms with E-state index in [1.165, 1.54) is 0 Å². The molecule has 2 aliphatic rings. The Kier molecular flexibility index (Phi) is 4.40. The highest BCUT2D eigenvalue weighted by Gasteiger charge is 2.29. The number of piperazine rings is 1. The second kappa shape index (κ2) is 5.84. The summed E-state index contributed by atoms with van der Waals surface area (Å²) in [5.41, 5.74) is 5.74. The minimum absolute atomic E-state index is 0.0838. The highest BCUT2D eigenvalue weighted by Crippen LogP contribution is 2.19. The van der Waals surface area contributed by atoms with Gasteiger partial charge >= 0.3 is 6.03 Å². The number of nitrogens with two attached hydrogens (primary N) is 1. The third kappa shape index (κ3) is 3.32. The predicted molar refractivity (Wildman–Crippen MR) is 75.6 cm³/mol. The molecule has 0 bridgehead atoms. The summed E-state index contributed by atoms with van der Waals surface area (Å²) in [6.45, 7) is 5.33. The molecule has 5 nitrogen and oxygen atoms in total. The van der Waals surface area contributed by atoms with E-state index >= 15 is 0 Å². The molecular formula is C12H22N4OS. The normalized spacial score (nSPS) is 22.6. The fraction of sp³-hybridized carbons (Fsp3) is 0.833. The molecule has 1 atom stereocenters. The highest BCUT2D eigenvalue weighted by molar-refractivity contribution is 7.80. The maximum Gasteiger partial charge on any atom is 0.317 e. The van der Waals surface area contributed by atoms with Crippen molar-refractivity contribution in [1.29, 1.82) is 0 Å². The predicted octanol–water partition coefficient (Wildman–Crippen LogP) is 0.541. The summed E-state index contributed by atoms with van der Waals surface area (Å²) >= 11 is 5.09. The number of rotatable bonds is 4. The summed E-state index contributed by atoms with van der Waals surface area (Å²) in [7, 11) is 0. The Bertz CT molecular complexity index is 324. The summed E-state index contributed by atoms with van der Waals surface area (Å²) in [6.07, 6.45) is 3.19. The van der Waals surface area contributed by atoms with Gasteiger partial charge < -0.3 is 16.0 Å². The van der Waals surface area contributed by atoms with Crippen LogP contribution in [-0.2, 0) is 0 Å². The van der Waals surface area contributed by atoms with Gasteiger partial charge in [-0.3, -0.25) is 4.90 Å². The molecule has 102 valence electrons. The number of amides is 2. The van der Waals surface area contributed by atoms with Gasteiger partial charge in [0, 0.05) is 32.2 Å². The lowest BCUT2D eigenvalue weighted by Gasteiger charge is -2.38. The standard InChI is InChI=1S/C12H22N4OS/c1-2-10(11(13)18)15-5-7-16(8-6-15)12(17)14-9-3-4-9/h9-10H,2-8H2,1H3,(H2,13,18)(H,14,17). The van der Waals surface area contributed by atoms with Crippen molar-refractivity contribution in [3.05, 3.63) is 0 Å². The lowest BCUT2D eigenvalue weighted by atomic mass is 10.1. The summed E-state index contributed by atoms with van der Waals surface area (Å²) in [6, 6.07) is 0.685. The van der Waals surface area contributed by atoms with E-state index < -0.39 is 0 Å². The molecule has 2 fully saturated rings. The van der Waals surface area contributed by atoms with E-state index in [2.05, 4.69) is 17.1 Å². The zero-order valence-electron chi connectivity index (χ0n) is 10.9. The monoisotopic (exact) mass is 270 g/mol. The van der Waals surface area contributed by atoms with Crippen molar-refractivity contribution < 1.29 is 4.79 Å². The van der Waals surface area contributed by atoms with Crippen LogP contribution < -0.4 is 11.1 Å². The Morgan fingerprint density at radius 3 is 2.44 bits per heavy atom. The molecule has 3 N–H and O–H groups in total. The van der Waals surface area contributed by atoms with Gasteiger partial charge in [-0.25, -0.2) is 4.79 Å². The van der Waals surface area contributed by atoms with Crippen LogP contribution in [0.15, 0.2) is 0 Å². The largest absolute Gasteiger partial charge is 0.392 e. The average Bonchev–Trinajstić information content (AvgIpc) is 3.14. The second-order valence-electron chi connectivity index (χ2n) is 5.07. The minimum Gasteiger partial charge on any atom is -0.392 e. The molecule has 0 aromatic heterocycles. The Morgan fingerprint density at radius 1 is 1.39 bits per heavy atom. The first-order valence-corrected chi connectivity index (χ1v) is 7.11. The first kappa shape index (κ1) is 13.5. The van der Waals surface area contributed by atoms with Gasteiger partial charge in [0.15, 0.2) is 0 Å². The van der Waals surface area contributed by atoms with Gasteiger partial charge in [0.25, 0.3) is 0 Å². The van der Waals surface area contributed by atoms with E-state index in [1.54, 1.807) is 0 Å². The number of thiocarbonyl (C=S) groups is 1. The van der Waals surface area contributed by atoms with Crippen molar-refractivity contribution >= 4 is 23.2 Å². The van der Waals surface area contributed by atoms with Crippen molar-refractivity contribution in [2.75, 3.05) is 26.2 Å². The Labute approximate surface area is 114 Å². The van der Waals surface area contributed by atoms with Crippen LogP contribution in [0.25, 0.3) is 0 Å². The van der Waals surface area contributed by atoms with E-state index in [9.17, 15) is 4.79 Å². The molecule has 0 aromatic carbocycles. The third-order valence-corrected chi connectivity index (χ3v) is 3.93. The lowest BCUT2D eigenvalue weighted by Crippen LogP contribution is -2.56. The fourth-order valence-corrected chi connectivity index (χ4v) is 2.69. The molecular weight excluding hydrogens is 248 g/mol. The zero-order valence-corrected chi connectivity index (χ0v) is 11.7. The van der Waals surface area contributed by atoms with Crippen molar-refractivity contribution in [1.82, 2.24) is 15.1 Å². The average molecular weight is 270 g/mol. The molecule has 0 radical (unpaired) electrons. The molecule has 6 heteroatoms. The van der Waals surface area contributed by atoms with Crippen molar-refractivity contribution in [3.8, 4) is 0 Å². The number of carbonyl (C=O) groups excluding carboxylic acids is 1. The molecule has 1 aliphatic carbocycles. The number of hydrogen-bond acceptors (Lipinski definition) is 3. The summed E-state index contributed by atoms with van der Waals surface area (Å²) in [5.74, 6) is 0. The number of nitrogens with one attached hydrogen (secondary N) is 1. The SMILES string of the molecule is CCC(C(N)=S)N1CCN(C(=O)NC2CC2)CC1. The summed E-state index contributed by atoms with van der Waals surface area (Å²) < 4.78 is 0. The summed E-state index contributed by atoms with van der Waals surface area (Å²) in [4.78, 5) is 16.6. The van der Waals surface area contributed by atoms with E-state index in [4.69, 9.17) is 18.0 Å². The maximum atomic E-state index is 11.9. The van der Waals surface area contributed by atoms with Crippen molar-refractivity contribution in [2.24, 2.45) is 5.73 Å². The van der Waals surface area contributed by atoms with E-state index in [-0.39, 0.29) is 12.1 Å². The van der Waals surface area contributed by atoms with Gasteiger partial charge in [-0.05, 0) is 19.3 Å². The molecule has 1 saturated carbocycles. The molecule has 1 saturated heterocycles. The fourth-order valence-electron chi connectivity index (χ4n) is 2.37. The quantitative estimate of drug-likeness (QED) is 0.732. The molecule has 0 aromatic rings. The van der Waals surface area contributed by atoms with Crippen LogP contribution in [0, 0.1) is 0 Å². The zero-order chi connectivity index (χ0) is 13.1. The summed E-state index contributed by atoms with van der Waals surface area (Å²) in [5, 5.41) is 3.02. The number of nitrogens with zero attached hydrogens (tertiary/aromatic N) is 2. The number of carbonyl (C=O) groups is 1. The minimum atomic E-state index is 0.0838. The smallest absolute Gasteiger partial charge is 0.317 e. The van der Waals surface area contributed by atoms with Gasteiger partial charge in [-0.1, -0.05) is 19.1 Å². The number of urea groups is 1. The third-order valence-electron chi connectivity index (χ3n) is 3.66. The van der Waals surface area contributed by atoms with Crippen LogP contribution in [0.5, 0.6) is 0 Å². The molecule has 2 rings (SSSR count). The van der Waals surface area contributed by atoms with E-state index in [1.807, 2.05) is 4.90 Å².